The zero-order valence-corrected chi connectivity index (χ0v) is 8.53. The number of aldehydes is 1. The Labute approximate surface area is 88.2 Å². The number of amidine groups is 1. The van der Waals surface area contributed by atoms with E-state index in [2.05, 4.69) is 11.1 Å². The van der Waals surface area contributed by atoms with Gasteiger partial charge in [-0.1, -0.05) is 0 Å². The number of rotatable bonds is 1. The molecule has 2 aliphatic heterocycles. The molecule has 2 aliphatic rings. The van der Waals surface area contributed by atoms with Gasteiger partial charge in [-0.15, -0.1) is 0 Å². The molecule has 0 radical (unpaired) electrons. The minimum atomic E-state index is 0.527. The molecule has 15 heavy (non-hydrogen) atoms. The van der Waals surface area contributed by atoms with Crippen molar-refractivity contribution < 1.29 is 4.79 Å². The van der Waals surface area contributed by atoms with Crippen LogP contribution >= 0.6 is 0 Å². The molecule has 0 aromatic heterocycles. The molecule has 0 atom stereocenters. The maximum atomic E-state index is 10.8. The van der Waals surface area contributed by atoms with Crippen LogP contribution in [0.4, 0.5) is 0 Å². The van der Waals surface area contributed by atoms with E-state index in [4.69, 9.17) is 5.26 Å². The second kappa shape index (κ2) is 3.70. The van der Waals surface area contributed by atoms with E-state index in [1.54, 1.807) is 13.1 Å². The van der Waals surface area contributed by atoms with Gasteiger partial charge in [0, 0.05) is 24.9 Å². The Bertz CT molecular complexity index is 437. The van der Waals surface area contributed by atoms with Crippen molar-refractivity contribution in [2.45, 2.75) is 13.3 Å². The quantitative estimate of drug-likeness (QED) is 0.595. The summed E-state index contributed by atoms with van der Waals surface area (Å²) < 4.78 is 0. The highest BCUT2D eigenvalue weighted by Gasteiger charge is 2.25. The summed E-state index contributed by atoms with van der Waals surface area (Å²) in [5.41, 5.74) is 1.83. The van der Waals surface area contributed by atoms with Crippen LogP contribution in [0.3, 0.4) is 0 Å². The summed E-state index contributed by atoms with van der Waals surface area (Å²) >= 11 is 0. The summed E-state index contributed by atoms with van der Waals surface area (Å²) in [6.45, 7) is 3.37. The molecule has 4 nitrogen and oxygen atoms in total. The fourth-order valence-corrected chi connectivity index (χ4v) is 1.80. The highest BCUT2D eigenvalue weighted by molar-refractivity contribution is 6.07. The van der Waals surface area contributed by atoms with Crippen molar-refractivity contribution in [3.05, 3.63) is 22.9 Å². The summed E-state index contributed by atoms with van der Waals surface area (Å²) in [5, 5.41) is 9.06. The Morgan fingerprint density at radius 3 is 3.13 bits per heavy atom. The van der Waals surface area contributed by atoms with Crippen LogP contribution in [0.15, 0.2) is 27.9 Å². The van der Waals surface area contributed by atoms with E-state index >= 15 is 0 Å². The predicted octanol–water partition coefficient (Wildman–Crippen LogP) is 1.03. The van der Waals surface area contributed by atoms with E-state index in [1.807, 2.05) is 4.90 Å². The Balaban J connectivity index is 2.54. The van der Waals surface area contributed by atoms with Crippen molar-refractivity contribution in [3.63, 3.8) is 0 Å². The molecule has 0 N–H and O–H groups in total. The minimum absolute atomic E-state index is 0.527. The van der Waals surface area contributed by atoms with Crippen molar-refractivity contribution >= 4 is 12.1 Å². The smallest absolute Gasteiger partial charge is 0.151 e. The van der Waals surface area contributed by atoms with E-state index < -0.39 is 0 Å². The number of fused-ring (bicyclic) bond motifs is 1. The molecule has 0 spiro atoms. The molecule has 0 unspecified atom stereocenters. The third-order valence-electron chi connectivity index (χ3n) is 2.66. The largest absolute Gasteiger partial charge is 0.331 e. The molecule has 76 valence electrons. The van der Waals surface area contributed by atoms with Gasteiger partial charge in [0.05, 0.1) is 5.57 Å². The molecule has 0 saturated heterocycles. The van der Waals surface area contributed by atoms with Gasteiger partial charge in [-0.3, -0.25) is 9.79 Å². The first-order valence-corrected chi connectivity index (χ1v) is 4.87. The minimum Gasteiger partial charge on any atom is -0.331 e. The average molecular weight is 201 g/mol. The highest BCUT2D eigenvalue weighted by atomic mass is 16.1. The van der Waals surface area contributed by atoms with Crippen molar-refractivity contribution in [1.29, 1.82) is 5.26 Å². The second-order valence-corrected chi connectivity index (χ2v) is 3.57. The van der Waals surface area contributed by atoms with E-state index in [0.29, 0.717) is 17.0 Å². The number of hydrogen-bond donors (Lipinski definition) is 0. The zero-order valence-electron chi connectivity index (χ0n) is 8.53. The summed E-state index contributed by atoms with van der Waals surface area (Å²) in [6.07, 6.45) is 3.53. The van der Waals surface area contributed by atoms with Crippen LogP contribution < -0.4 is 0 Å². The van der Waals surface area contributed by atoms with Crippen LogP contribution in [0.1, 0.15) is 13.3 Å². The van der Waals surface area contributed by atoms with Crippen LogP contribution in [0.5, 0.6) is 0 Å². The van der Waals surface area contributed by atoms with Gasteiger partial charge in [0.1, 0.15) is 11.9 Å². The molecule has 2 rings (SSSR count). The van der Waals surface area contributed by atoms with Gasteiger partial charge < -0.3 is 4.90 Å². The van der Waals surface area contributed by atoms with Crippen molar-refractivity contribution in [2.75, 3.05) is 13.1 Å². The van der Waals surface area contributed by atoms with E-state index in [0.717, 1.165) is 31.4 Å². The van der Waals surface area contributed by atoms with Crippen LogP contribution in [-0.2, 0) is 4.79 Å². The second-order valence-electron chi connectivity index (χ2n) is 3.57. The maximum Gasteiger partial charge on any atom is 0.151 e. The van der Waals surface area contributed by atoms with Gasteiger partial charge in [-0.25, -0.2) is 0 Å². The molecule has 0 amide bonds. The Morgan fingerprint density at radius 2 is 2.47 bits per heavy atom. The molecule has 4 heteroatoms. The maximum absolute atomic E-state index is 10.8. The summed E-state index contributed by atoms with van der Waals surface area (Å²) in [7, 11) is 0. The predicted molar refractivity (Wildman–Crippen MR) is 56.1 cm³/mol. The lowest BCUT2D eigenvalue weighted by Gasteiger charge is -2.30. The van der Waals surface area contributed by atoms with Crippen molar-refractivity contribution in [2.24, 2.45) is 4.99 Å². The first-order chi connectivity index (χ1) is 7.27. The topological polar surface area (TPSA) is 56.5 Å². The average Bonchev–Trinajstić information content (AvgIpc) is 2.28. The number of allylic oxidation sites excluding steroid dienone is 2. The standard InChI is InChI=1S/C11H11N3O/c1-8-9(7-15)6-14-4-2-3-13-11(14)10(8)5-12/h6-7H,2-4H2,1H3. The summed E-state index contributed by atoms with van der Waals surface area (Å²) in [6, 6.07) is 2.12. The number of nitrogens with zero attached hydrogens (tertiary/aromatic N) is 3. The molecule has 0 saturated carbocycles. The number of carbonyl (C=O) groups is 1. The molecule has 0 bridgehead atoms. The van der Waals surface area contributed by atoms with E-state index in [-0.39, 0.29) is 0 Å². The number of aliphatic imine (C=N–C) groups is 1. The molecular formula is C11H11N3O. The monoisotopic (exact) mass is 201 g/mol. The molecule has 0 aromatic carbocycles. The Kier molecular flexibility index (Phi) is 2.38. The van der Waals surface area contributed by atoms with Gasteiger partial charge in [-0.05, 0) is 18.9 Å². The third-order valence-corrected chi connectivity index (χ3v) is 2.66. The summed E-state index contributed by atoms with van der Waals surface area (Å²) in [4.78, 5) is 17.0. The lowest BCUT2D eigenvalue weighted by Crippen LogP contribution is -2.35. The fraction of sp³-hybridized carbons (Fsp3) is 0.364. The third kappa shape index (κ3) is 1.46. The van der Waals surface area contributed by atoms with Gasteiger partial charge >= 0.3 is 0 Å². The lowest BCUT2D eigenvalue weighted by atomic mass is 9.98. The van der Waals surface area contributed by atoms with Crippen molar-refractivity contribution in [3.8, 4) is 6.07 Å². The zero-order chi connectivity index (χ0) is 10.8. The molecular weight excluding hydrogens is 190 g/mol. The Hall–Kier alpha value is -1.89. The van der Waals surface area contributed by atoms with Gasteiger partial charge in [-0.2, -0.15) is 5.26 Å². The van der Waals surface area contributed by atoms with E-state index in [1.165, 1.54) is 0 Å². The first-order valence-electron chi connectivity index (χ1n) is 4.87. The number of carbonyl (C=O) groups excluding carboxylic acids is 1. The van der Waals surface area contributed by atoms with E-state index in [9.17, 15) is 4.79 Å². The number of nitriles is 1. The Morgan fingerprint density at radius 1 is 1.67 bits per heavy atom. The summed E-state index contributed by atoms with van der Waals surface area (Å²) in [5.74, 6) is 0.715. The van der Waals surface area contributed by atoms with Crippen molar-refractivity contribution in [1.82, 2.24) is 4.90 Å². The fourth-order valence-electron chi connectivity index (χ4n) is 1.80. The van der Waals surface area contributed by atoms with Gasteiger partial charge in [0.15, 0.2) is 6.29 Å². The highest BCUT2D eigenvalue weighted by Crippen LogP contribution is 2.24. The molecule has 2 heterocycles. The number of hydrogen-bond acceptors (Lipinski definition) is 4. The molecule has 0 aliphatic carbocycles. The first kappa shape index (κ1) is 9.66. The van der Waals surface area contributed by atoms with Gasteiger partial charge in [0.25, 0.3) is 0 Å². The van der Waals surface area contributed by atoms with Crippen LogP contribution in [-0.4, -0.2) is 30.1 Å². The van der Waals surface area contributed by atoms with Crippen LogP contribution in [0.25, 0.3) is 0 Å². The molecule has 0 fully saturated rings. The van der Waals surface area contributed by atoms with Gasteiger partial charge in [0.2, 0.25) is 0 Å². The normalized spacial score (nSPS) is 20.1. The lowest BCUT2D eigenvalue weighted by molar-refractivity contribution is -0.104. The van der Waals surface area contributed by atoms with Crippen LogP contribution in [0, 0.1) is 11.3 Å². The molecule has 0 aromatic rings. The van der Waals surface area contributed by atoms with Crippen LogP contribution in [0.2, 0.25) is 0 Å². The SMILES string of the molecule is CC1=C(C#N)C2=NCCCN2C=C1C=O.